The van der Waals surface area contributed by atoms with Crippen LogP contribution in [0.25, 0.3) is 0 Å². The number of hydrogen-bond acceptors (Lipinski definition) is 2. The first-order valence-electron chi connectivity index (χ1n) is 6.32. The van der Waals surface area contributed by atoms with Gasteiger partial charge in [0, 0.05) is 12.6 Å². The molecule has 90 valence electrons. The average Bonchev–Trinajstić information content (AvgIpc) is 2.23. The van der Waals surface area contributed by atoms with E-state index in [1.54, 1.807) is 0 Å². The van der Waals surface area contributed by atoms with Gasteiger partial charge in [0.25, 0.3) is 0 Å². The normalized spacial score (nSPS) is 26.2. The third kappa shape index (κ3) is 4.29. The smallest absolute Gasteiger partial charge is 0.00631 e. The fraction of sp³-hybridized carbons (Fsp3) is 1.00. The van der Waals surface area contributed by atoms with Gasteiger partial charge in [-0.2, -0.15) is 0 Å². The maximum Gasteiger partial charge on any atom is 0.00631 e. The van der Waals surface area contributed by atoms with Gasteiger partial charge in [-0.3, -0.25) is 0 Å². The average molecular weight is 233 g/mol. The fourth-order valence-corrected chi connectivity index (χ4v) is 2.87. The summed E-state index contributed by atoms with van der Waals surface area (Å²) in [5.41, 5.74) is 5.90. The molecule has 2 N–H and O–H groups in total. The van der Waals surface area contributed by atoms with Crippen LogP contribution in [0.2, 0.25) is 0 Å². The SMILES string of the molecule is Cl.NC1CCN(CC2CCCCC2)CC1. The maximum atomic E-state index is 5.90. The number of rotatable bonds is 2. The van der Waals surface area contributed by atoms with Crippen LogP contribution < -0.4 is 5.73 Å². The van der Waals surface area contributed by atoms with Crippen LogP contribution in [0.1, 0.15) is 44.9 Å². The van der Waals surface area contributed by atoms with Crippen molar-refractivity contribution in [2.45, 2.75) is 51.0 Å². The second-order valence-corrected chi connectivity index (χ2v) is 5.14. The van der Waals surface area contributed by atoms with Crippen molar-refractivity contribution in [3.8, 4) is 0 Å². The zero-order valence-corrected chi connectivity index (χ0v) is 10.5. The first-order chi connectivity index (χ1) is 6.84. The highest BCUT2D eigenvalue weighted by atomic mass is 35.5. The molecule has 0 radical (unpaired) electrons. The van der Waals surface area contributed by atoms with E-state index in [9.17, 15) is 0 Å². The molecule has 2 rings (SSSR count). The summed E-state index contributed by atoms with van der Waals surface area (Å²) in [5, 5.41) is 0. The Morgan fingerprint density at radius 1 is 0.933 bits per heavy atom. The van der Waals surface area contributed by atoms with E-state index >= 15 is 0 Å². The molecule has 0 aromatic heterocycles. The molecule has 0 aromatic rings. The highest BCUT2D eigenvalue weighted by molar-refractivity contribution is 5.85. The number of likely N-dealkylation sites (tertiary alicyclic amines) is 1. The molecule has 15 heavy (non-hydrogen) atoms. The first-order valence-corrected chi connectivity index (χ1v) is 6.32. The van der Waals surface area contributed by atoms with Gasteiger partial charge in [-0.05, 0) is 44.7 Å². The van der Waals surface area contributed by atoms with Crippen molar-refractivity contribution in [2.24, 2.45) is 11.7 Å². The van der Waals surface area contributed by atoms with Gasteiger partial charge in [0.1, 0.15) is 0 Å². The van der Waals surface area contributed by atoms with Gasteiger partial charge in [0.05, 0.1) is 0 Å². The lowest BCUT2D eigenvalue weighted by atomic mass is 9.88. The fourth-order valence-electron chi connectivity index (χ4n) is 2.87. The highest BCUT2D eigenvalue weighted by Gasteiger charge is 2.20. The highest BCUT2D eigenvalue weighted by Crippen LogP contribution is 2.25. The molecule has 2 nitrogen and oxygen atoms in total. The van der Waals surface area contributed by atoms with E-state index in [1.165, 1.54) is 64.6 Å². The third-order valence-corrected chi connectivity index (χ3v) is 3.87. The summed E-state index contributed by atoms with van der Waals surface area (Å²) < 4.78 is 0. The molecule has 0 bridgehead atoms. The van der Waals surface area contributed by atoms with Crippen molar-refractivity contribution in [3.63, 3.8) is 0 Å². The number of halogens is 1. The summed E-state index contributed by atoms with van der Waals surface area (Å²) in [4.78, 5) is 2.64. The lowest BCUT2D eigenvalue weighted by Crippen LogP contribution is -2.42. The zero-order chi connectivity index (χ0) is 9.80. The van der Waals surface area contributed by atoms with Gasteiger partial charge in [-0.15, -0.1) is 12.4 Å². The molecule has 0 spiro atoms. The van der Waals surface area contributed by atoms with E-state index in [0.717, 1.165) is 5.92 Å². The van der Waals surface area contributed by atoms with Crippen LogP contribution in [-0.2, 0) is 0 Å². The minimum absolute atomic E-state index is 0. The van der Waals surface area contributed by atoms with Gasteiger partial charge in [-0.1, -0.05) is 19.3 Å². The molecule has 0 amide bonds. The summed E-state index contributed by atoms with van der Waals surface area (Å²) in [6.45, 7) is 3.85. The maximum absolute atomic E-state index is 5.90. The lowest BCUT2D eigenvalue weighted by molar-refractivity contribution is 0.164. The minimum atomic E-state index is 0. The molecule has 1 aliphatic carbocycles. The van der Waals surface area contributed by atoms with E-state index in [4.69, 9.17) is 5.73 Å². The Morgan fingerprint density at radius 3 is 2.13 bits per heavy atom. The Bertz CT molecular complexity index is 161. The van der Waals surface area contributed by atoms with E-state index in [1.807, 2.05) is 0 Å². The molecule has 0 aromatic carbocycles. The quantitative estimate of drug-likeness (QED) is 0.793. The molecule has 0 atom stereocenters. The summed E-state index contributed by atoms with van der Waals surface area (Å²) in [6, 6.07) is 0.484. The van der Waals surface area contributed by atoms with Crippen molar-refractivity contribution in [3.05, 3.63) is 0 Å². The lowest BCUT2D eigenvalue weighted by Gasteiger charge is -2.34. The molecular formula is C12H25ClN2. The Hall–Kier alpha value is 0.210. The number of nitrogens with zero attached hydrogens (tertiary/aromatic N) is 1. The van der Waals surface area contributed by atoms with Crippen LogP contribution in [0.15, 0.2) is 0 Å². The van der Waals surface area contributed by atoms with Crippen molar-refractivity contribution in [1.29, 1.82) is 0 Å². The molecule has 3 heteroatoms. The summed E-state index contributed by atoms with van der Waals surface area (Å²) in [5.74, 6) is 0.998. The second kappa shape index (κ2) is 6.72. The van der Waals surface area contributed by atoms with Crippen LogP contribution >= 0.6 is 12.4 Å². The topological polar surface area (TPSA) is 29.3 Å². The number of nitrogens with two attached hydrogens (primary N) is 1. The summed E-state index contributed by atoms with van der Waals surface area (Å²) in [6.07, 6.45) is 9.79. The molecule has 2 fully saturated rings. The van der Waals surface area contributed by atoms with Crippen LogP contribution in [0.4, 0.5) is 0 Å². The Morgan fingerprint density at radius 2 is 1.53 bits per heavy atom. The van der Waals surface area contributed by atoms with Crippen LogP contribution in [0.3, 0.4) is 0 Å². The van der Waals surface area contributed by atoms with E-state index < -0.39 is 0 Å². The van der Waals surface area contributed by atoms with E-state index in [0.29, 0.717) is 6.04 Å². The predicted octanol–water partition coefficient (Wildman–Crippen LogP) is 2.41. The molecule has 1 heterocycles. The Labute approximate surface area is 100.0 Å². The monoisotopic (exact) mass is 232 g/mol. The predicted molar refractivity (Wildman–Crippen MR) is 67.5 cm³/mol. The third-order valence-electron chi connectivity index (χ3n) is 3.87. The molecular weight excluding hydrogens is 208 g/mol. The molecule has 1 saturated heterocycles. The van der Waals surface area contributed by atoms with Gasteiger partial charge < -0.3 is 10.6 Å². The van der Waals surface area contributed by atoms with Crippen molar-refractivity contribution in [1.82, 2.24) is 4.90 Å². The molecule has 1 saturated carbocycles. The van der Waals surface area contributed by atoms with Crippen LogP contribution in [-0.4, -0.2) is 30.6 Å². The number of hydrogen-bond donors (Lipinski definition) is 1. The van der Waals surface area contributed by atoms with Crippen molar-refractivity contribution in [2.75, 3.05) is 19.6 Å². The van der Waals surface area contributed by atoms with E-state index in [2.05, 4.69) is 4.90 Å². The van der Waals surface area contributed by atoms with E-state index in [-0.39, 0.29) is 12.4 Å². The Kier molecular flexibility index (Phi) is 5.95. The summed E-state index contributed by atoms with van der Waals surface area (Å²) >= 11 is 0. The van der Waals surface area contributed by atoms with Gasteiger partial charge in [-0.25, -0.2) is 0 Å². The van der Waals surface area contributed by atoms with Gasteiger partial charge in [0.15, 0.2) is 0 Å². The largest absolute Gasteiger partial charge is 0.328 e. The zero-order valence-electron chi connectivity index (χ0n) is 9.66. The minimum Gasteiger partial charge on any atom is -0.328 e. The van der Waals surface area contributed by atoms with Crippen molar-refractivity contribution < 1.29 is 0 Å². The molecule has 1 aliphatic heterocycles. The Balaban J connectivity index is 0.00000112. The molecule has 0 unspecified atom stereocenters. The molecule has 2 aliphatic rings. The van der Waals surface area contributed by atoms with Crippen molar-refractivity contribution >= 4 is 12.4 Å². The number of piperidine rings is 1. The van der Waals surface area contributed by atoms with Gasteiger partial charge >= 0.3 is 0 Å². The van der Waals surface area contributed by atoms with Crippen LogP contribution in [0.5, 0.6) is 0 Å². The van der Waals surface area contributed by atoms with Crippen LogP contribution in [0, 0.1) is 5.92 Å². The summed E-state index contributed by atoms with van der Waals surface area (Å²) in [7, 11) is 0. The standard InChI is InChI=1S/C12H24N2.ClH/c13-12-6-8-14(9-7-12)10-11-4-2-1-3-5-11;/h11-12H,1-10,13H2;1H. The first kappa shape index (κ1) is 13.3. The second-order valence-electron chi connectivity index (χ2n) is 5.14. The van der Waals surface area contributed by atoms with Gasteiger partial charge in [0.2, 0.25) is 0 Å².